The van der Waals surface area contributed by atoms with E-state index in [-0.39, 0.29) is 31.1 Å². The first kappa shape index (κ1) is 14.1. The standard InChI is InChI=1S/C13H22F3NO/c14-13(15,16)10-3-7-12(18,8-4-10)11(9-17)5-1-2-6-11/h10,18H,1-9,17H2. The highest BCUT2D eigenvalue weighted by molar-refractivity contribution is 5.04. The Labute approximate surface area is 106 Å². The molecule has 3 N–H and O–H groups in total. The molecule has 2 aliphatic carbocycles. The van der Waals surface area contributed by atoms with Crippen LogP contribution in [0.5, 0.6) is 0 Å². The Hall–Kier alpha value is -0.290. The summed E-state index contributed by atoms with van der Waals surface area (Å²) in [6.45, 7) is 0.389. The minimum absolute atomic E-state index is 0.0434. The van der Waals surface area contributed by atoms with Gasteiger partial charge in [0.05, 0.1) is 11.5 Å². The lowest BCUT2D eigenvalue weighted by molar-refractivity contribution is -0.203. The van der Waals surface area contributed by atoms with Crippen molar-refractivity contribution in [1.82, 2.24) is 0 Å². The summed E-state index contributed by atoms with van der Waals surface area (Å²) in [5, 5.41) is 10.8. The van der Waals surface area contributed by atoms with Crippen LogP contribution < -0.4 is 5.73 Å². The third-order valence-electron chi connectivity index (χ3n) is 5.21. The minimum atomic E-state index is -4.12. The van der Waals surface area contributed by atoms with Gasteiger partial charge in [-0.3, -0.25) is 0 Å². The molecule has 0 spiro atoms. The number of nitrogens with two attached hydrogens (primary N) is 1. The average Bonchev–Trinajstić information content (AvgIpc) is 2.78. The molecule has 2 nitrogen and oxygen atoms in total. The number of hydrogen-bond donors (Lipinski definition) is 2. The molecule has 0 unspecified atom stereocenters. The maximum atomic E-state index is 12.6. The van der Waals surface area contributed by atoms with Gasteiger partial charge in [0.15, 0.2) is 0 Å². The van der Waals surface area contributed by atoms with E-state index in [0.29, 0.717) is 6.54 Å². The zero-order valence-corrected chi connectivity index (χ0v) is 10.6. The van der Waals surface area contributed by atoms with Crippen molar-refractivity contribution in [3.63, 3.8) is 0 Å². The highest BCUT2D eigenvalue weighted by atomic mass is 19.4. The van der Waals surface area contributed by atoms with Gasteiger partial charge < -0.3 is 10.8 Å². The van der Waals surface area contributed by atoms with Crippen LogP contribution in [0.4, 0.5) is 13.2 Å². The quantitative estimate of drug-likeness (QED) is 0.806. The molecule has 0 radical (unpaired) electrons. The highest BCUT2D eigenvalue weighted by Crippen LogP contribution is 2.54. The molecule has 2 aliphatic rings. The summed E-state index contributed by atoms with van der Waals surface area (Å²) in [5.41, 5.74) is 4.52. The molecule has 0 amide bonds. The number of halogens is 3. The van der Waals surface area contributed by atoms with E-state index in [1.54, 1.807) is 0 Å². The largest absolute Gasteiger partial charge is 0.391 e. The topological polar surface area (TPSA) is 46.2 Å². The van der Waals surface area contributed by atoms with Gasteiger partial charge in [0, 0.05) is 12.0 Å². The van der Waals surface area contributed by atoms with Crippen molar-refractivity contribution in [3.05, 3.63) is 0 Å². The van der Waals surface area contributed by atoms with Crippen LogP contribution in [0, 0.1) is 11.3 Å². The van der Waals surface area contributed by atoms with Crippen LogP contribution in [0.2, 0.25) is 0 Å². The molecule has 0 atom stereocenters. The Morgan fingerprint density at radius 2 is 1.56 bits per heavy atom. The van der Waals surface area contributed by atoms with E-state index >= 15 is 0 Å². The van der Waals surface area contributed by atoms with Gasteiger partial charge in [0.1, 0.15) is 0 Å². The van der Waals surface area contributed by atoms with Crippen molar-refractivity contribution >= 4 is 0 Å². The lowest BCUT2D eigenvalue weighted by Gasteiger charge is -2.48. The zero-order chi connectivity index (χ0) is 13.4. The maximum Gasteiger partial charge on any atom is 0.391 e. The number of hydrogen-bond acceptors (Lipinski definition) is 2. The molecule has 0 aromatic rings. The third-order valence-corrected chi connectivity index (χ3v) is 5.21. The van der Waals surface area contributed by atoms with E-state index in [1.165, 1.54) is 0 Å². The smallest absolute Gasteiger partial charge is 0.389 e. The number of alkyl halides is 3. The molecule has 2 fully saturated rings. The van der Waals surface area contributed by atoms with Gasteiger partial charge in [-0.15, -0.1) is 0 Å². The predicted molar refractivity (Wildman–Crippen MR) is 62.9 cm³/mol. The summed E-state index contributed by atoms with van der Waals surface area (Å²) in [5.74, 6) is -1.24. The van der Waals surface area contributed by atoms with Gasteiger partial charge in [-0.25, -0.2) is 0 Å². The van der Waals surface area contributed by atoms with Crippen LogP contribution >= 0.6 is 0 Å². The fourth-order valence-electron chi connectivity index (χ4n) is 3.86. The van der Waals surface area contributed by atoms with Crippen molar-refractivity contribution in [2.45, 2.75) is 63.1 Å². The molecule has 2 rings (SSSR count). The average molecular weight is 265 g/mol. The van der Waals surface area contributed by atoms with Crippen molar-refractivity contribution in [2.24, 2.45) is 17.1 Å². The van der Waals surface area contributed by atoms with Gasteiger partial charge in [-0.05, 0) is 38.5 Å². The van der Waals surface area contributed by atoms with Crippen LogP contribution in [0.3, 0.4) is 0 Å². The molecular weight excluding hydrogens is 243 g/mol. The normalized spacial score (nSPS) is 36.8. The first-order valence-electron chi connectivity index (χ1n) is 6.82. The van der Waals surface area contributed by atoms with Crippen LogP contribution in [0.25, 0.3) is 0 Å². The molecule has 0 saturated heterocycles. The van der Waals surface area contributed by atoms with Gasteiger partial charge >= 0.3 is 6.18 Å². The molecule has 5 heteroatoms. The van der Waals surface area contributed by atoms with E-state index < -0.39 is 17.7 Å². The highest BCUT2D eigenvalue weighted by Gasteiger charge is 2.54. The van der Waals surface area contributed by atoms with E-state index in [2.05, 4.69) is 0 Å². The molecule has 0 aromatic carbocycles. The van der Waals surface area contributed by atoms with Gasteiger partial charge in [0.2, 0.25) is 0 Å². The Kier molecular flexibility index (Phi) is 3.67. The summed E-state index contributed by atoms with van der Waals surface area (Å²) in [7, 11) is 0. The molecule has 0 aromatic heterocycles. The van der Waals surface area contributed by atoms with Crippen LogP contribution in [-0.2, 0) is 0 Å². The monoisotopic (exact) mass is 265 g/mol. The van der Waals surface area contributed by atoms with Gasteiger partial charge in [-0.2, -0.15) is 13.2 Å². The maximum absolute atomic E-state index is 12.6. The SMILES string of the molecule is NCC1(C2(O)CCC(C(F)(F)F)CC2)CCCC1. The summed E-state index contributed by atoms with van der Waals surface area (Å²) >= 11 is 0. The second-order valence-electron chi connectivity index (χ2n) is 6.04. The van der Waals surface area contributed by atoms with E-state index in [4.69, 9.17) is 5.73 Å². The summed E-state index contributed by atoms with van der Waals surface area (Å²) in [6.07, 6.45) is 0.233. The fourth-order valence-corrected chi connectivity index (χ4v) is 3.86. The van der Waals surface area contributed by atoms with Crippen LogP contribution in [-0.4, -0.2) is 23.4 Å². The second-order valence-corrected chi connectivity index (χ2v) is 6.04. The van der Waals surface area contributed by atoms with Gasteiger partial charge in [-0.1, -0.05) is 12.8 Å². The fraction of sp³-hybridized carbons (Fsp3) is 1.00. The zero-order valence-electron chi connectivity index (χ0n) is 10.6. The van der Waals surface area contributed by atoms with E-state index in [1.807, 2.05) is 0 Å². The summed E-state index contributed by atoms with van der Waals surface area (Å²) in [4.78, 5) is 0. The molecule has 106 valence electrons. The Bertz CT molecular complexity index is 289. The first-order valence-corrected chi connectivity index (χ1v) is 6.82. The van der Waals surface area contributed by atoms with Crippen LogP contribution in [0.15, 0.2) is 0 Å². The van der Waals surface area contributed by atoms with Crippen molar-refractivity contribution < 1.29 is 18.3 Å². The second kappa shape index (κ2) is 4.67. The Morgan fingerprint density at radius 1 is 1.06 bits per heavy atom. The molecule has 0 bridgehead atoms. The van der Waals surface area contributed by atoms with Gasteiger partial charge in [0.25, 0.3) is 0 Å². The first-order chi connectivity index (χ1) is 8.33. The molecular formula is C13H22F3NO. The van der Waals surface area contributed by atoms with Crippen molar-refractivity contribution in [3.8, 4) is 0 Å². The summed E-state index contributed by atoms with van der Waals surface area (Å²) in [6, 6.07) is 0. The lowest BCUT2D eigenvalue weighted by atomic mass is 9.62. The Balaban J connectivity index is 2.07. The van der Waals surface area contributed by atoms with E-state index in [0.717, 1.165) is 25.7 Å². The van der Waals surface area contributed by atoms with E-state index in [9.17, 15) is 18.3 Å². The van der Waals surface area contributed by atoms with Crippen molar-refractivity contribution in [1.29, 1.82) is 0 Å². The molecule has 0 heterocycles. The number of aliphatic hydroxyl groups is 1. The number of rotatable bonds is 2. The molecule has 2 saturated carbocycles. The summed E-state index contributed by atoms with van der Waals surface area (Å²) < 4.78 is 37.9. The lowest BCUT2D eigenvalue weighted by Crippen LogP contribution is -2.53. The molecule has 0 aliphatic heterocycles. The Morgan fingerprint density at radius 3 is 1.94 bits per heavy atom. The predicted octanol–water partition coefficient (Wildman–Crippen LogP) is 2.99. The third kappa shape index (κ3) is 2.27. The van der Waals surface area contributed by atoms with Crippen molar-refractivity contribution in [2.75, 3.05) is 6.54 Å². The van der Waals surface area contributed by atoms with Crippen LogP contribution in [0.1, 0.15) is 51.4 Å². The minimum Gasteiger partial charge on any atom is -0.389 e. The molecule has 18 heavy (non-hydrogen) atoms.